The van der Waals surface area contributed by atoms with Crippen molar-refractivity contribution in [3.63, 3.8) is 0 Å². The van der Waals surface area contributed by atoms with E-state index in [1.165, 1.54) is 42.3 Å². The van der Waals surface area contributed by atoms with Crippen LogP contribution in [0.5, 0.6) is 5.75 Å². The van der Waals surface area contributed by atoms with E-state index in [1.807, 2.05) is 6.92 Å². The molecule has 0 bridgehead atoms. The Hall–Kier alpha value is -3.27. The van der Waals surface area contributed by atoms with Gasteiger partial charge in [0.25, 0.3) is 10.0 Å². The fraction of sp³-hybridized carbons (Fsp3) is 0.286. The third-order valence-electron chi connectivity index (χ3n) is 6.17. The summed E-state index contributed by atoms with van der Waals surface area (Å²) in [5, 5.41) is 3.02. The summed E-state index contributed by atoms with van der Waals surface area (Å²) in [5.41, 5.74) is 1.74. The summed E-state index contributed by atoms with van der Waals surface area (Å²) < 4.78 is 33.9. The lowest BCUT2D eigenvalue weighted by Crippen LogP contribution is -2.51. The molecule has 2 amide bonds. The first-order valence-electron chi connectivity index (χ1n) is 12.2. The van der Waals surface area contributed by atoms with E-state index in [2.05, 4.69) is 5.32 Å². The second kappa shape index (κ2) is 13.2. The van der Waals surface area contributed by atoms with Crippen LogP contribution in [0.4, 0.5) is 5.69 Å². The summed E-state index contributed by atoms with van der Waals surface area (Å²) in [4.78, 5) is 28.1. The average Bonchev–Trinajstić information content (AvgIpc) is 2.91. The molecule has 0 heterocycles. The third kappa shape index (κ3) is 7.44. The van der Waals surface area contributed by atoms with Gasteiger partial charge in [0.15, 0.2) is 0 Å². The quantitative estimate of drug-likeness (QED) is 0.336. The molecule has 0 saturated heterocycles. The average molecular weight is 593 g/mol. The molecular formula is C28H31Cl2N3O5S. The first-order chi connectivity index (χ1) is 18.5. The number of hydrogen-bond acceptors (Lipinski definition) is 5. The Morgan fingerprint density at radius 3 is 2.08 bits per heavy atom. The fourth-order valence-electron chi connectivity index (χ4n) is 4.06. The number of methoxy groups -OCH3 is 1. The highest BCUT2D eigenvalue weighted by atomic mass is 35.5. The molecule has 3 aromatic rings. The Balaban J connectivity index is 2.08. The molecule has 0 aliphatic rings. The minimum Gasteiger partial charge on any atom is -0.497 e. The summed E-state index contributed by atoms with van der Waals surface area (Å²) in [5.74, 6) is -0.297. The van der Waals surface area contributed by atoms with Crippen molar-refractivity contribution in [3.05, 3.63) is 87.9 Å². The van der Waals surface area contributed by atoms with Crippen LogP contribution in [0.1, 0.15) is 24.5 Å². The van der Waals surface area contributed by atoms with Crippen LogP contribution in [0.2, 0.25) is 10.0 Å². The molecule has 208 valence electrons. The summed E-state index contributed by atoms with van der Waals surface area (Å²) in [6.07, 6.45) is 0.315. The van der Waals surface area contributed by atoms with Gasteiger partial charge < -0.3 is 15.0 Å². The van der Waals surface area contributed by atoms with E-state index >= 15 is 0 Å². The summed E-state index contributed by atoms with van der Waals surface area (Å²) >= 11 is 12.4. The number of carbonyl (C=O) groups excluding carboxylic acids is 2. The maximum absolute atomic E-state index is 13.9. The lowest BCUT2D eigenvalue weighted by Gasteiger charge is -2.33. The molecule has 11 heteroatoms. The Morgan fingerprint density at radius 1 is 0.974 bits per heavy atom. The van der Waals surface area contributed by atoms with Crippen molar-refractivity contribution in [3.8, 4) is 5.75 Å². The van der Waals surface area contributed by atoms with Crippen molar-refractivity contribution in [2.24, 2.45) is 0 Å². The molecule has 0 aliphatic heterocycles. The lowest BCUT2D eigenvalue weighted by molar-refractivity contribution is -0.140. The number of anilines is 1. The zero-order chi connectivity index (χ0) is 28.7. The standard InChI is InChI=1S/C28H31Cl2N3O5S/c1-5-26(28(35)31-3)32(17-20-8-10-24(38-4)11-9-20)27(34)18-33(23-15-21(29)14-22(30)16-23)39(36,37)25-12-6-19(2)7-13-25/h6-16,26H,5,17-18H2,1-4H3,(H,31,35)/t26-/m1/s1. The van der Waals surface area contributed by atoms with E-state index in [9.17, 15) is 18.0 Å². The fourth-order valence-corrected chi connectivity index (χ4v) is 5.98. The Kier molecular flexibility index (Phi) is 10.2. The van der Waals surface area contributed by atoms with E-state index in [4.69, 9.17) is 27.9 Å². The smallest absolute Gasteiger partial charge is 0.264 e. The van der Waals surface area contributed by atoms with Crippen LogP contribution in [0, 0.1) is 6.92 Å². The monoisotopic (exact) mass is 591 g/mol. The van der Waals surface area contributed by atoms with Gasteiger partial charge in [-0.15, -0.1) is 0 Å². The van der Waals surface area contributed by atoms with Gasteiger partial charge in [-0.1, -0.05) is 60.0 Å². The molecule has 1 N–H and O–H groups in total. The minimum absolute atomic E-state index is 0.00274. The lowest BCUT2D eigenvalue weighted by atomic mass is 10.1. The summed E-state index contributed by atoms with van der Waals surface area (Å²) in [7, 11) is -1.18. The van der Waals surface area contributed by atoms with Crippen LogP contribution in [0.25, 0.3) is 0 Å². The predicted molar refractivity (Wildman–Crippen MR) is 154 cm³/mol. The van der Waals surface area contributed by atoms with Crippen LogP contribution >= 0.6 is 23.2 Å². The van der Waals surface area contributed by atoms with Gasteiger partial charge in [-0.05, 0) is 61.4 Å². The molecule has 0 saturated carbocycles. The highest BCUT2D eigenvalue weighted by Crippen LogP contribution is 2.30. The van der Waals surface area contributed by atoms with Crippen LogP contribution in [-0.4, -0.2) is 51.9 Å². The molecule has 0 unspecified atom stereocenters. The maximum atomic E-state index is 13.9. The molecular weight excluding hydrogens is 561 g/mol. The van der Waals surface area contributed by atoms with E-state index in [1.54, 1.807) is 50.4 Å². The SMILES string of the molecule is CC[C@H](C(=O)NC)N(Cc1ccc(OC)cc1)C(=O)CN(c1cc(Cl)cc(Cl)c1)S(=O)(=O)c1ccc(C)cc1. The molecule has 39 heavy (non-hydrogen) atoms. The maximum Gasteiger partial charge on any atom is 0.264 e. The number of nitrogens with zero attached hydrogens (tertiary/aromatic N) is 2. The van der Waals surface area contributed by atoms with Crippen molar-refractivity contribution in [2.75, 3.05) is 25.0 Å². The normalized spacial score (nSPS) is 11.9. The Labute approximate surface area is 239 Å². The number of likely N-dealkylation sites (N-methyl/N-ethyl adjacent to an activating group) is 1. The number of benzene rings is 3. The van der Waals surface area contributed by atoms with Crippen molar-refractivity contribution < 1.29 is 22.7 Å². The van der Waals surface area contributed by atoms with Gasteiger partial charge in [0.2, 0.25) is 11.8 Å². The van der Waals surface area contributed by atoms with Gasteiger partial charge in [0, 0.05) is 23.6 Å². The molecule has 0 aromatic heterocycles. The van der Waals surface area contributed by atoms with Crippen molar-refractivity contribution in [1.29, 1.82) is 0 Å². The number of aryl methyl sites for hydroxylation is 1. The van der Waals surface area contributed by atoms with Gasteiger partial charge in [-0.25, -0.2) is 8.42 Å². The molecule has 0 aliphatic carbocycles. The molecule has 8 nitrogen and oxygen atoms in total. The van der Waals surface area contributed by atoms with E-state index in [-0.39, 0.29) is 33.1 Å². The predicted octanol–water partition coefficient (Wildman–Crippen LogP) is 5.06. The number of hydrogen-bond donors (Lipinski definition) is 1. The summed E-state index contributed by atoms with van der Waals surface area (Å²) in [6.45, 7) is 3.11. The van der Waals surface area contributed by atoms with Gasteiger partial charge >= 0.3 is 0 Å². The van der Waals surface area contributed by atoms with Gasteiger partial charge in [-0.2, -0.15) is 0 Å². The first-order valence-corrected chi connectivity index (χ1v) is 14.4. The highest BCUT2D eigenvalue weighted by Gasteiger charge is 2.33. The van der Waals surface area contributed by atoms with Crippen LogP contribution in [-0.2, 0) is 26.2 Å². The molecule has 0 radical (unpaired) electrons. The molecule has 3 aromatic carbocycles. The Bertz CT molecular complexity index is 1390. The number of nitrogens with one attached hydrogen (secondary N) is 1. The second-order valence-corrected chi connectivity index (χ2v) is 11.6. The van der Waals surface area contributed by atoms with Crippen LogP contribution in [0.15, 0.2) is 71.6 Å². The second-order valence-electron chi connectivity index (χ2n) is 8.86. The Morgan fingerprint density at radius 2 is 1.56 bits per heavy atom. The van der Waals surface area contributed by atoms with Crippen LogP contribution in [0.3, 0.4) is 0 Å². The zero-order valence-electron chi connectivity index (χ0n) is 22.1. The molecule has 1 atom stereocenters. The minimum atomic E-state index is -4.22. The van der Waals surface area contributed by atoms with E-state index < -0.39 is 28.5 Å². The first kappa shape index (κ1) is 30.3. The molecule has 0 spiro atoms. The number of ether oxygens (including phenoxy) is 1. The van der Waals surface area contributed by atoms with E-state index in [0.717, 1.165) is 15.4 Å². The molecule has 0 fully saturated rings. The van der Waals surface area contributed by atoms with Crippen molar-refractivity contribution in [2.45, 2.75) is 37.8 Å². The van der Waals surface area contributed by atoms with Crippen LogP contribution < -0.4 is 14.4 Å². The highest BCUT2D eigenvalue weighted by molar-refractivity contribution is 7.92. The van der Waals surface area contributed by atoms with Gasteiger partial charge in [0.1, 0.15) is 18.3 Å². The number of carbonyl (C=O) groups is 2. The largest absolute Gasteiger partial charge is 0.497 e. The molecule has 3 rings (SSSR count). The third-order valence-corrected chi connectivity index (χ3v) is 8.39. The summed E-state index contributed by atoms with van der Waals surface area (Å²) in [6, 6.07) is 16.9. The van der Waals surface area contributed by atoms with Crippen molar-refractivity contribution in [1.82, 2.24) is 10.2 Å². The number of halogens is 2. The van der Waals surface area contributed by atoms with Crippen molar-refractivity contribution >= 4 is 50.7 Å². The topological polar surface area (TPSA) is 96.0 Å². The van der Waals surface area contributed by atoms with E-state index in [0.29, 0.717) is 12.2 Å². The zero-order valence-corrected chi connectivity index (χ0v) is 24.5. The number of amides is 2. The number of sulfonamides is 1. The van der Waals surface area contributed by atoms with Gasteiger partial charge in [0.05, 0.1) is 17.7 Å². The number of rotatable bonds is 11. The van der Waals surface area contributed by atoms with Gasteiger partial charge in [-0.3, -0.25) is 13.9 Å².